The van der Waals surface area contributed by atoms with Crippen LogP contribution in [0.3, 0.4) is 0 Å². The number of rotatable bonds is 6. The van der Waals surface area contributed by atoms with Crippen LogP contribution in [0.4, 0.5) is 5.69 Å². The summed E-state index contributed by atoms with van der Waals surface area (Å²) in [7, 11) is 0. The van der Waals surface area contributed by atoms with Crippen LogP contribution in [-0.4, -0.2) is 38.0 Å². The van der Waals surface area contributed by atoms with Crippen molar-refractivity contribution >= 4 is 28.8 Å². The summed E-state index contributed by atoms with van der Waals surface area (Å²) in [6.45, 7) is 4.58. The van der Waals surface area contributed by atoms with Crippen molar-refractivity contribution in [3.05, 3.63) is 52.2 Å². The highest BCUT2D eigenvalue weighted by molar-refractivity contribution is 7.13. The number of nitrogens with one attached hydrogen (secondary N) is 2. The van der Waals surface area contributed by atoms with E-state index in [1.54, 1.807) is 6.07 Å². The van der Waals surface area contributed by atoms with E-state index in [2.05, 4.69) is 27.7 Å². The Morgan fingerprint density at radius 1 is 1.16 bits per heavy atom. The Labute approximate surface area is 152 Å². The fourth-order valence-corrected chi connectivity index (χ4v) is 3.78. The first kappa shape index (κ1) is 17.5. The lowest BCUT2D eigenvalue weighted by molar-refractivity contribution is -0.120. The normalized spacial score (nSPS) is 16.7. The van der Waals surface area contributed by atoms with Crippen LogP contribution in [0.25, 0.3) is 0 Å². The van der Waals surface area contributed by atoms with Gasteiger partial charge in [-0.3, -0.25) is 9.59 Å². The second-order valence-corrected chi connectivity index (χ2v) is 7.62. The molecule has 2 N–H and O–H groups in total. The zero-order chi connectivity index (χ0) is 17.6. The summed E-state index contributed by atoms with van der Waals surface area (Å²) in [6, 6.07) is 14.0. The molecule has 3 rings (SSSR count). The molecule has 0 unspecified atom stereocenters. The van der Waals surface area contributed by atoms with Crippen LogP contribution in [0.15, 0.2) is 42.5 Å². The number of carbonyl (C=O) groups is 2. The second kappa shape index (κ2) is 8.16. The molecule has 2 aromatic rings. The fraction of sp³-hybridized carbons (Fsp3) is 0.368. The van der Waals surface area contributed by atoms with Gasteiger partial charge in [-0.25, -0.2) is 0 Å². The molecule has 132 valence electrons. The maximum atomic E-state index is 12.0. The number of aryl methyl sites for hydroxylation is 1. The van der Waals surface area contributed by atoms with Crippen molar-refractivity contribution < 1.29 is 9.59 Å². The SMILES string of the molecule is Cc1ccc(C(=O)NCC(=O)NC[C@@H]2CCN(c3ccccc3)C2)s1. The molecule has 0 aliphatic carbocycles. The largest absolute Gasteiger partial charge is 0.371 e. The Bertz CT molecular complexity index is 729. The number of thiophene rings is 1. The minimum Gasteiger partial charge on any atom is -0.371 e. The van der Waals surface area contributed by atoms with Crippen molar-refractivity contribution in [2.45, 2.75) is 13.3 Å². The average Bonchev–Trinajstić information content (AvgIpc) is 3.28. The maximum absolute atomic E-state index is 12.0. The van der Waals surface area contributed by atoms with Gasteiger partial charge in [0, 0.05) is 30.2 Å². The molecule has 1 aromatic heterocycles. The molecule has 0 radical (unpaired) electrons. The number of hydrogen-bond acceptors (Lipinski definition) is 4. The van der Waals surface area contributed by atoms with E-state index in [1.165, 1.54) is 17.0 Å². The number of para-hydroxylation sites is 1. The molecular formula is C19H23N3O2S. The fourth-order valence-electron chi connectivity index (χ4n) is 3.00. The van der Waals surface area contributed by atoms with E-state index in [-0.39, 0.29) is 18.4 Å². The molecule has 2 amide bonds. The summed E-state index contributed by atoms with van der Waals surface area (Å²) < 4.78 is 0. The molecule has 2 heterocycles. The number of hydrogen-bond donors (Lipinski definition) is 2. The molecule has 5 nitrogen and oxygen atoms in total. The Morgan fingerprint density at radius 2 is 1.96 bits per heavy atom. The Kier molecular flexibility index (Phi) is 5.71. The first-order chi connectivity index (χ1) is 12.1. The standard InChI is InChI=1S/C19H23N3O2S/c1-14-7-8-17(25-14)19(24)21-12-18(23)20-11-15-9-10-22(13-15)16-5-3-2-4-6-16/h2-8,15H,9-13H2,1H3,(H,20,23)(H,21,24)/t15-/m0/s1. The monoisotopic (exact) mass is 357 g/mol. The Morgan fingerprint density at radius 3 is 2.68 bits per heavy atom. The van der Waals surface area contributed by atoms with Gasteiger partial charge in [-0.15, -0.1) is 11.3 Å². The number of anilines is 1. The number of amides is 2. The van der Waals surface area contributed by atoms with Crippen LogP contribution in [0.1, 0.15) is 21.0 Å². The number of benzene rings is 1. The summed E-state index contributed by atoms with van der Waals surface area (Å²) in [6.07, 6.45) is 1.07. The maximum Gasteiger partial charge on any atom is 0.261 e. The van der Waals surface area contributed by atoms with Gasteiger partial charge >= 0.3 is 0 Å². The Hall–Kier alpha value is -2.34. The predicted molar refractivity (Wildman–Crippen MR) is 101 cm³/mol. The third-order valence-electron chi connectivity index (χ3n) is 4.37. The lowest BCUT2D eigenvalue weighted by Gasteiger charge is -2.18. The predicted octanol–water partition coefficient (Wildman–Crippen LogP) is 2.43. The van der Waals surface area contributed by atoms with E-state index < -0.39 is 0 Å². The zero-order valence-corrected chi connectivity index (χ0v) is 15.1. The van der Waals surface area contributed by atoms with Crippen molar-refractivity contribution in [1.82, 2.24) is 10.6 Å². The molecule has 1 aliphatic rings. The number of carbonyl (C=O) groups excluding carboxylic acids is 2. The van der Waals surface area contributed by atoms with Gasteiger partial charge in [-0.1, -0.05) is 18.2 Å². The average molecular weight is 357 g/mol. The molecule has 25 heavy (non-hydrogen) atoms. The molecule has 1 aliphatic heterocycles. The Balaban J connectivity index is 1.37. The summed E-state index contributed by atoms with van der Waals surface area (Å²) in [5.41, 5.74) is 1.23. The molecule has 1 atom stereocenters. The highest BCUT2D eigenvalue weighted by Crippen LogP contribution is 2.22. The van der Waals surface area contributed by atoms with Crippen molar-refractivity contribution in [2.24, 2.45) is 5.92 Å². The van der Waals surface area contributed by atoms with Gasteiger partial charge in [0.15, 0.2) is 0 Å². The highest BCUT2D eigenvalue weighted by Gasteiger charge is 2.23. The highest BCUT2D eigenvalue weighted by atomic mass is 32.1. The van der Waals surface area contributed by atoms with Crippen LogP contribution >= 0.6 is 11.3 Å². The molecule has 0 spiro atoms. The molecule has 6 heteroatoms. The van der Waals surface area contributed by atoms with Crippen LogP contribution in [0.2, 0.25) is 0 Å². The van der Waals surface area contributed by atoms with Gasteiger partial charge in [0.2, 0.25) is 5.91 Å². The summed E-state index contributed by atoms with van der Waals surface area (Å²) in [5.74, 6) is 0.115. The lowest BCUT2D eigenvalue weighted by Crippen LogP contribution is -2.39. The first-order valence-electron chi connectivity index (χ1n) is 8.53. The van der Waals surface area contributed by atoms with Crippen molar-refractivity contribution in [3.8, 4) is 0 Å². The van der Waals surface area contributed by atoms with Crippen LogP contribution in [-0.2, 0) is 4.79 Å². The smallest absolute Gasteiger partial charge is 0.261 e. The van der Waals surface area contributed by atoms with E-state index in [0.717, 1.165) is 24.4 Å². The molecule has 1 fully saturated rings. The van der Waals surface area contributed by atoms with Gasteiger partial charge in [0.25, 0.3) is 5.91 Å². The summed E-state index contributed by atoms with van der Waals surface area (Å²) in [5, 5.41) is 5.60. The summed E-state index contributed by atoms with van der Waals surface area (Å²) in [4.78, 5) is 28.0. The van der Waals surface area contributed by atoms with Crippen LogP contribution < -0.4 is 15.5 Å². The van der Waals surface area contributed by atoms with E-state index in [4.69, 9.17) is 0 Å². The lowest BCUT2D eigenvalue weighted by atomic mass is 10.1. The van der Waals surface area contributed by atoms with E-state index in [1.807, 2.05) is 31.2 Å². The molecule has 1 aromatic carbocycles. The van der Waals surface area contributed by atoms with Crippen LogP contribution in [0.5, 0.6) is 0 Å². The third-order valence-corrected chi connectivity index (χ3v) is 5.37. The zero-order valence-electron chi connectivity index (χ0n) is 14.3. The van der Waals surface area contributed by atoms with E-state index in [9.17, 15) is 9.59 Å². The third kappa shape index (κ3) is 4.82. The van der Waals surface area contributed by atoms with Gasteiger partial charge in [0.05, 0.1) is 11.4 Å². The summed E-state index contributed by atoms with van der Waals surface area (Å²) >= 11 is 1.43. The van der Waals surface area contributed by atoms with Gasteiger partial charge in [-0.05, 0) is 43.5 Å². The van der Waals surface area contributed by atoms with Crippen LogP contribution in [0, 0.1) is 12.8 Å². The molecule has 0 saturated carbocycles. The minimum atomic E-state index is -0.190. The topological polar surface area (TPSA) is 61.4 Å². The first-order valence-corrected chi connectivity index (χ1v) is 9.35. The second-order valence-electron chi connectivity index (χ2n) is 6.33. The minimum absolute atomic E-state index is 0.0188. The molecule has 1 saturated heterocycles. The number of nitrogens with zero attached hydrogens (tertiary/aromatic N) is 1. The van der Waals surface area contributed by atoms with Crippen molar-refractivity contribution in [2.75, 3.05) is 31.1 Å². The van der Waals surface area contributed by atoms with Gasteiger partial charge in [0.1, 0.15) is 0 Å². The van der Waals surface area contributed by atoms with E-state index >= 15 is 0 Å². The van der Waals surface area contributed by atoms with Crippen molar-refractivity contribution in [3.63, 3.8) is 0 Å². The quantitative estimate of drug-likeness (QED) is 0.835. The van der Waals surface area contributed by atoms with Crippen molar-refractivity contribution in [1.29, 1.82) is 0 Å². The van der Waals surface area contributed by atoms with Gasteiger partial charge in [-0.2, -0.15) is 0 Å². The van der Waals surface area contributed by atoms with E-state index in [0.29, 0.717) is 17.3 Å². The molecule has 0 bridgehead atoms. The molecular weight excluding hydrogens is 334 g/mol. The van der Waals surface area contributed by atoms with Gasteiger partial charge < -0.3 is 15.5 Å².